The molecule has 2 saturated heterocycles. The van der Waals surface area contributed by atoms with E-state index in [0.29, 0.717) is 43.3 Å². The lowest BCUT2D eigenvalue weighted by molar-refractivity contribution is -0.151. The average molecular weight is 446 g/mol. The van der Waals surface area contributed by atoms with Gasteiger partial charge in [0.2, 0.25) is 10.0 Å². The van der Waals surface area contributed by atoms with Crippen LogP contribution in [0.1, 0.15) is 48.3 Å². The molecule has 2 aliphatic heterocycles. The van der Waals surface area contributed by atoms with Crippen molar-refractivity contribution in [2.45, 2.75) is 38.5 Å². The normalized spacial score (nSPS) is 26.4. The molecule has 3 aliphatic rings. The number of nitrogens with one attached hydrogen (secondary N) is 1. The van der Waals surface area contributed by atoms with Crippen molar-refractivity contribution < 1.29 is 17.9 Å². The summed E-state index contributed by atoms with van der Waals surface area (Å²) in [6, 6.07) is 7.89. The lowest BCUT2D eigenvalue weighted by atomic mass is 9.87. The number of hydrogen-bond donors (Lipinski definition) is 1. The van der Waals surface area contributed by atoms with Crippen molar-refractivity contribution in [3.05, 3.63) is 34.9 Å². The van der Waals surface area contributed by atoms with Gasteiger partial charge in [0.15, 0.2) is 0 Å². The molecule has 2 atom stereocenters. The first-order chi connectivity index (χ1) is 14.8. The Bertz CT molecular complexity index is 981. The summed E-state index contributed by atoms with van der Waals surface area (Å²) >= 11 is 0. The summed E-state index contributed by atoms with van der Waals surface area (Å²) in [5, 5.41) is 12.4. The van der Waals surface area contributed by atoms with Crippen LogP contribution in [-0.2, 0) is 19.6 Å². The monoisotopic (exact) mass is 445 g/mol. The number of hydrogen-bond acceptors (Lipinski definition) is 6. The molecule has 0 unspecified atom stereocenters. The van der Waals surface area contributed by atoms with Crippen LogP contribution < -0.4 is 5.32 Å². The Morgan fingerprint density at radius 1 is 1.26 bits per heavy atom. The molecule has 0 spiro atoms. The van der Waals surface area contributed by atoms with Crippen LogP contribution in [0.5, 0.6) is 0 Å². The fraction of sp³-hybridized carbons (Fsp3) is 0.652. The topological polar surface area (TPSA) is 99.5 Å². The first kappa shape index (κ1) is 22.3. The number of carbonyl (C=O) groups is 1. The highest BCUT2D eigenvalue weighted by Gasteiger charge is 2.55. The van der Waals surface area contributed by atoms with Gasteiger partial charge in [-0.15, -0.1) is 0 Å². The third kappa shape index (κ3) is 4.23. The highest BCUT2D eigenvalue weighted by Crippen LogP contribution is 2.49. The van der Waals surface area contributed by atoms with Crippen LogP contribution >= 0.6 is 0 Å². The summed E-state index contributed by atoms with van der Waals surface area (Å²) in [5.41, 5.74) is 1.99. The number of sulfonamides is 1. The van der Waals surface area contributed by atoms with E-state index < -0.39 is 15.4 Å². The van der Waals surface area contributed by atoms with Crippen LogP contribution in [0.15, 0.2) is 18.2 Å². The summed E-state index contributed by atoms with van der Waals surface area (Å²) in [6.07, 6.45) is 2.65. The number of ether oxygens (including phenoxy) is 1. The van der Waals surface area contributed by atoms with Crippen molar-refractivity contribution in [2.75, 3.05) is 39.0 Å². The van der Waals surface area contributed by atoms with Crippen molar-refractivity contribution in [1.82, 2.24) is 9.62 Å². The smallest absolute Gasteiger partial charge is 0.312 e. The number of nitrogens with zero attached hydrogens (tertiary/aromatic N) is 2. The third-order valence-electron chi connectivity index (χ3n) is 7.55. The van der Waals surface area contributed by atoms with Gasteiger partial charge < -0.3 is 10.1 Å². The molecule has 3 fully saturated rings. The molecule has 1 N–H and O–H groups in total. The highest BCUT2D eigenvalue weighted by molar-refractivity contribution is 7.89. The molecular weight excluding hydrogens is 414 g/mol. The Morgan fingerprint density at radius 2 is 1.90 bits per heavy atom. The van der Waals surface area contributed by atoms with Crippen molar-refractivity contribution in [1.29, 1.82) is 5.26 Å². The number of esters is 1. The van der Waals surface area contributed by atoms with Crippen LogP contribution in [0.3, 0.4) is 0 Å². The van der Waals surface area contributed by atoms with Crippen molar-refractivity contribution in [2.24, 2.45) is 17.3 Å². The van der Waals surface area contributed by atoms with E-state index in [1.165, 1.54) is 12.7 Å². The van der Waals surface area contributed by atoms with Gasteiger partial charge in [-0.1, -0.05) is 6.07 Å². The Balaban J connectivity index is 1.45. The van der Waals surface area contributed by atoms with Gasteiger partial charge in [-0.2, -0.15) is 5.26 Å². The third-order valence-corrected chi connectivity index (χ3v) is 9.62. The van der Waals surface area contributed by atoms with E-state index in [1.54, 1.807) is 4.31 Å². The molecule has 168 valence electrons. The lowest BCUT2D eigenvalue weighted by Crippen LogP contribution is -2.46. The van der Waals surface area contributed by atoms with Gasteiger partial charge in [-0.3, -0.25) is 4.79 Å². The first-order valence-electron chi connectivity index (χ1n) is 11.1. The van der Waals surface area contributed by atoms with Crippen LogP contribution in [0.2, 0.25) is 0 Å². The van der Waals surface area contributed by atoms with Crippen LogP contribution in [0.25, 0.3) is 0 Å². The van der Waals surface area contributed by atoms with Gasteiger partial charge in [-0.05, 0) is 86.7 Å². The second kappa shape index (κ2) is 8.53. The van der Waals surface area contributed by atoms with Gasteiger partial charge in [0.25, 0.3) is 0 Å². The summed E-state index contributed by atoms with van der Waals surface area (Å²) < 4.78 is 33.3. The highest BCUT2D eigenvalue weighted by atomic mass is 32.2. The number of piperidine rings is 1. The molecule has 7 nitrogen and oxygen atoms in total. The van der Waals surface area contributed by atoms with Gasteiger partial charge >= 0.3 is 5.97 Å². The molecule has 2 heterocycles. The zero-order valence-electron chi connectivity index (χ0n) is 18.3. The van der Waals surface area contributed by atoms with E-state index in [9.17, 15) is 13.2 Å². The summed E-state index contributed by atoms with van der Waals surface area (Å²) in [4.78, 5) is 12.7. The van der Waals surface area contributed by atoms with E-state index in [2.05, 4.69) is 11.4 Å². The summed E-state index contributed by atoms with van der Waals surface area (Å²) in [6.45, 7) is 4.61. The lowest BCUT2D eigenvalue weighted by Gasteiger charge is -2.35. The van der Waals surface area contributed by atoms with Crippen molar-refractivity contribution in [3.8, 4) is 6.07 Å². The molecule has 1 aromatic rings. The van der Waals surface area contributed by atoms with Crippen LogP contribution in [0.4, 0.5) is 0 Å². The average Bonchev–Trinajstić information content (AvgIpc) is 3.32. The summed E-state index contributed by atoms with van der Waals surface area (Å²) in [5.74, 6) is 0.443. The van der Waals surface area contributed by atoms with E-state index >= 15 is 0 Å². The maximum Gasteiger partial charge on any atom is 0.312 e. The Kier molecular flexibility index (Phi) is 6.12. The molecule has 0 radical (unpaired) electrons. The zero-order valence-corrected chi connectivity index (χ0v) is 19.1. The van der Waals surface area contributed by atoms with Crippen molar-refractivity contribution in [3.63, 3.8) is 0 Å². The number of nitriles is 1. The van der Waals surface area contributed by atoms with E-state index in [1.807, 2.05) is 25.1 Å². The number of fused-ring (bicyclic) bond motifs is 1. The number of rotatable bonds is 5. The molecule has 0 aromatic heterocycles. The Morgan fingerprint density at radius 3 is 2.45 bits per heavy atom. The molecular formula is C23H31N3O4S. The molecule has 31 heavy (non-hydrogen) atoms. The number of carbonyl (C=O) groups excluding carboxylic acids is 1. The number of aryl methyl sites for hydroxylation is 1. The molecule has 1 saturated carbocycles. The molecule has 4 rings (SSSR count). The predicted octanol–water partition coefficient (Wildman–Crippen LogP) is 2.16. The maximum atomic E-state index is 13.3. The molecule has 1 aromatic carbocycles. The molecule has 1 aliphatic carbocycles. The second-order valence-corrected chi connectivity index (χ2v) is 11.4. The Labute approximate surface area is 184 Å². The zero-order chi connectivity index (χ0) is 22.2. The van der Waals surface area contributed by atoms with Crippen molar-refractivity contribution >= 4 is 16.0 Å². The second-order valence-electron chi connectivity index (χ2n) is 9.47. The first-order valence-corrected chi connectivity index (χ1v) is 12.7. The van der Waals surface area contributed by atoms with Gasteiger partial charge in [0.1, 0.15) is 0 Å². The van der Waals surface area contributed by atoms with E-state index in [0.717, 1.165) is 31.5 Å². The minimum absolute atomic E-state index is 0.153. The standard InChI is InChI=1S/C23H31N3O4S/c1-16-9-17(12-24)3-4-21(16)18-5-7-26(8-6-18)31(28,29)15-23(22(27)30-2)10-19-13-25-14-20(19)11-23/h3-4,9,18-20,25H,5-8,10-11,13-15H2,1-2H3/t19-,20-/m0/s1. The van der Waals surface area contributed by atoms with Crippen LogP contribution in [-0.4, -0.2) is 57.7 Å². The molecule has 0 amide bonds. The minimum Gasteiger partial charge on any atom is -0.469 e. The fourth-order valence-corrected chi connectivity index (χ4v) is 8.00. The SMILES string of the molecule is COC(=O)C1(CS(=O)(=O)N2CCC(c3ccc(C#N)cc3C)CC2)C[C@H]2CNC[C@@H]2C1. The minimum atomic E-state index is -3.57. The van der Waals surface area contributed by atoms with Crippen LogP contribution in [0, 0.1) is 35.5 Å². The number of methoxy groups -OCH3 is 1. The van der Waals surface area contributed by atoms with Gasteiger partial charge in [0, 0.05) is 13.1 Å². The fourth-order valence-electron chi connectivity index (χ4n) is 6.00. The molecule has 8 heteroatoms. The van der Waals surface area contributed by atoms with Gasteiger partial charge in [0.05, 0.1) is 29.9 Å². The largest absolute Gasteiger partial charge is 0.469 e. The number of benzene rings is 1. The predicted molar refractivity (Wildman–Crippen MR) is 117 cm³/mol. The quantitative estimate of drug-likeness (QED) is 0.698. The maximum absolute atomic E-state index is 13.3. The van der Waals surface area contributed by atoms with E-state index in [4.69, 9.17) is 10.00 Å². The van der Waals surface area contributed by atoms with Gasteiger partial charge in [-0.25, -0.2) is 12.7 Å². The van der Waals surface area contributed by atoms with E-state index in [-0.39, 0.29) is 17.6 Å². The molecule has 0 bridgehead atoms. The Hall–Kier alpha value is -1.95. The summed E-state index contributed by atoms with van der Waals surface area (Å²) in [7, 11) is -2.21.